The van der Waals surface area contributed by atoms with E-state index >= 15 is 0 Å². The third kappa shape index (κ3) is 3.69. The molecule has 3 aromatic rings. The SMILES string of the molecule is Cc1cccc(-c2[nH]ncc2CNCC(O)c2ccccc2F)c1. The van der Waals surface area contributed by atoms with Gasteiger partial charge in [0, 0.05) is 29.8 Å². The van der Waals surface area contributed by atoms with Crippen LogP contribution in [0.4, 0.5) is 4.39 Å². The number of aliphatic hydroxyl groups excluding tert-OH is 1. The normalized spacial score (nSPS) is 12.3. The van der Waals surface area contributed by atoms with Crippen LogP contribution in [0.5, 0.6) is 0 Å². The van der Waals surface area contributed by atoms with Gasteiger partial charge in [-0.1, -0.05) is 42.0 Å². The van der Waals surface area contributed by atoms with Crippen molar-refractivity contribution in [2.24, 2.45) is 0 Å². The second-order valence-corrected chi connectivity index (χ2v) is 5.81. The average molecular weight is 325 g/mol. The number of nitrogens with one attached hydrogen (secondary N) is 2. The van der Waals surface area contributed by atoms with Gasteiger partial charge in [0.05, 0.1) is 18.0 Å². The van der Waals surface area contributed by atoms with Crippen molar-refractivity contribution in [2.75, 3.05) is 6.54 Å². The van der Waals surface area contributed by atoms with E-state index in [2.05, 4.69) is 21.6 Å². The van der Waals surface area contributed by atoms with Crippen molar-refractivity contribution in [1.82, 2.24) is 15.5 Å². The van der Waals surface area contributed by atoms with Crippen LogP contribution in [0.25, 0.3) is 11.3 Å². The van der Waals surface area contributed by atoms with Gasteiger partial charge in [-0.05, 0) is 19.1 Å². The zero-order chi connectivity index (χ0) is 16.9. The van der Waals surface area contributed by atoms with Gasteiger partial charge in [-0.25, -0.2) is 4.39 Å². The molecule has 24 heavy (non-hydrogen) atoms. The summed E-state index contributed by atoms with van der Waals surface area (Å²) in [6.45, 7) is 2.84. The smallest absolute Gasteiger partial charge is 0.129 e. The first-order valence-electron chi connectivity index (χ1n) is 7.87. The van der Waals surface area contributed by atoms with E-state index in [0.717, 1.165) is 16.8 Å². The van der Waals surface area contributed by atoms with Crippen LogP contribution in [-0.4, -0.2) is 21.8 Å². The zero-order valence-electron chi connectivity index (χ0n) is 13.5. The van der Waals surface area contributed by atoms with Gasteiger partial charge in [-0.2, -0.15) is 5.10 Å². The van der Waals surface area contributed by atoms with Crippen molar-refractivity contribution >= 4 is 0 Å². The highest BCUT2D eigenvalue weighted by molar-refractivity contribution is 5.63. The Labute approximate surface area is 140 Å². The van der Waals surface area contributed by atoms with E-state index in [9.17, 15) is 9.50 Å². The molecule has 3 rings (SSSR count). The molecular formula is C19H20FN3O. The highest BCUT2D eigenvalue weighted by Gasteiger charge is 2.13. The Morgan fingerprint density at radius 2 is 2.04 bits per heavy atom. The van der Waals surface area contributed by atoms with Gasteiger partial charge >= 0.3 is 0 Å². The molecule has 0 saturated carbocycles. The van der Waals surface area contributed by atoms with Crippen molar-refractivity contribution in [3.8, 4) is 11.3 Å². The second-order valence-electron chi connectivity index (χ2n) is 5.81. The van der Waals surface area contributed by atoms with E-state index in [1.807, 2.05) is 25.1 Å². The molecule has 0 amide bonds. The Morgan fingerprint density at radius 1 is 1.21 bits per heavy atom. The van der Waals surface area contributed by atoms with Gasteiger partial charge in [-0.15, -0.1) is 0 Å². The first-order valence-corrected chi connectivity index (χ1v) is 7.87. The molecule has 0 spiro atoms. The number of aryl methyl sites for hydroxylation is 1. The fraction of sp³-hybridized carbons (Fsp3) is 0.211. The van der Waals surface area contributed by atoms with E-state index < -0.39 is 11.9 Å². The molecule has 124 valence electrons. The van der Waals surface area contributed by atoms with E-state index in [0.29, 0.717) is 12.1 Å². The highest BCUT2D eigenvalue weighted by atomic mass is 19.1. The minimum Gasteiger partial charge on any atom is -0.387 e. The monoisotopic (exact) mass is 325 g/mol. The quantitative estimate of drug-likeness (QED) is 0.651. The Balaban J connectivity index is 1.64. The zero-order valence-corrected chi connectivity index (χ0v) is 13.5. The lowest BCUT2D eigenvalue weighted by Crippen LogP contribution is -2.21. The Hall–Kier alpha value is -2.50. The number of hydrogen-bond acceptors (Lipinski definition) is 3. The molecule has 0 aliphatic heterocycles. The number of benzene rings is 2. The molecule has 2 aromatic carbocycles. The van der Waals surface area contributed by atoms with Crippen molar-refractivity contribution < 1.29 is 9.50 Å². The molecule has 0 saturated heterocycles. The fourth-order valence-corrected chi connectivity index (χ4v) is 2.69. The molecule has 1 unspecified atom stereocenters. The highest BCUT2D eigenvalue weighted by Crippen LogP contribution is 2.22. The molecule has 0 bridgehead atoms. The van der Waals surface area contributed by atoms with Crippen molar-refractivity contribution in [2.45, 2.75) is 19.6 Å². The summed E-state index contributed by atoms with van der Waals surface area (Å²) in [4.78, 5) is 0. The molecule has 0 aliphatic carbocycles. The third-order valence-corrected chi connectivity index (χ3v) is 3.94. The topological polar surface area (TPSA) is 60.9 Å². The lowest BCUT2D eigenvalue weighted by molar-refractivity contribution is 0.169. The van der Waals surface area contributed by atoms with Gasteiger partial charge in [-0.3, -0.25) is 5.10 Å². The summed E-state index contributed by atoms with van der Waals surface area (Å²) in [5, 5.41) is 20.4. The van der Waals surface area contributed by atoms with Crippen LogP contribution in [-0.2, 0) is 6.54 Å². The molecule has 0 aliphatic rings. The van der Waals surface area contributed by atoms with Crippen LogP contribution < -0.4 is 5.32 Å². The molecule has 4 nitrogen and oxygen atoms in total. The molecule has 0 radical (unpaired) electrons. The van der Waals surface area contributed by atoms with Crippen molar-refractivity contribution in [3.63, 3.8) is 0 Å². The maximum atomic E-state index is 13.7. The van der Waals surface area contributed by atoms with Gasteiger partial charge < -0.3 is 10.4 Å². The summed E-state index contributed by atoms with van der Waals surface area (Å²) >= 11 is 0. The minimum absolute atomic E-state index is 0.263. The van der Waals surface area contributed by atoms with Gasteiger partial charge in [0.1, 0.15) is 5.82 Å². The van der Waals surface area contributed by atoms with Crippen molar-refractivity contribution in [3.05, 3.63) is 77.2 Å². The summed E-state index contributed by atoms with van der Waals surface area (Å²) in [6.07, 6.45) is 0.876. The fourth-order valence-electron chi connectivity index (χ4n) is 2.69. The number of nitrogens with zero attached hydrogens (tertiary/aromatic N) is 1. The van der Waals surface area contributed by atoms with Crippen LogP contribution in [0.15, 0.2) is 54.7 Å². The predicted molar refractivity (Wildman–Crippen MR) is 91.8 cm³/mol. The first kappa shape index (κ1) is 16.4. The largest absolute Gasteiger partial charge is 0.387 e. The third-order valence-electron chi connectivity index (χ3n) is 3.94. The van der Waals surface area contributed by atoms with Crippen LogP contribution in [0, 0.1) is 12.7 Å². The van der Waals surface area contributed by atoms with E-state index in [1.165, 1.54) is 11.6 Å². The Morgan fingerprint density at radius 3 is 2.83 bits per heavy atom. The summed E-state index contributed by atoms with van der Waals surface area (Å²) in [6, 6.07) is 14.4. The second kappa shape index (κ2) is 7.38. The summed E-state index contributed by atoms with van der Waals surface area (Å²) in [5.74, 6) is -0.393. The van der Waals surface area contributed by atoms with E-state index in [4.69, 9.17) is 0 Å². The lowest BCUT2D eigenvalue weighted by Gasteiger charge is -2.13. The summed E-state index contributed by atoms with van der Waals surface area (Å²) in [7, 11) is 0. The number of halogens is 1. The molecule has 1 atom stereocenters. The predicted octanol–water partition coefficient (Wildman–Crippen LogP) is 3.35. The number of H-pyrrole nitrogens is 1. The maximum Gasteiger partial charge on any atom is 0.129 e. The number of aromatic nitrogens is 2. The molecule has 0 fully saturated rings. The average Bonchev–Trinajstić information content (AvgIpc) is 3.03. The molecule has 1 heterocycles. The summed E-state index contributed by atoms with van der Waals surface area (Å²) in [5.41, 5.74) is 4.50. The molecule has 3 N–H and O–H groups in total. The van der Waals surface area contributed by atoms with Gasteiger partial charge in [0.2, 0.25) is 0 Å². The number of aliphatic hydroxyl groups is 1. The van der Waals surface area contributed by atoms with Gasteiger partial charge in [0.15, 0.2) is 0 Å². The molecule has 5 heteroatoms. The number of rotatable bonds is 6. The standard InChI is InChI=1S/C19H20FN3O/c1-13-5-4-6-14(9-13)19-15(11-22-23-19)10-21-12-18(24)16-7-2-3-8-17(16)20/h2-9,11,18,21,24H,10,12H2,1H3,(H,22,23). The van der Waals surface area contributed by atoms with Gasteiger partial charge in [0.25, 0.3) is 0 Å². The molecule has 1 aromatic heterocycles. The first-order chi connectivity index (χ1) is 11.6. The van der Waals surface area contributed by atoms with E-state index in [-0.39, 0.29) is 6.54 Å². The number of aromatic amines is 1. The summed E-state index contributed by atoms with van der Waals surface area (Å²) < 4.78 is 13.7. The number of hydrogen-bond donors (Lipinski definition) is 3. The Bertz CT molecular complexity index is 816. The van der Waals surface area contributed by atoms with Crippen LogP contribution in [0.3, 0.4) is 0 Å². The Kier molecular flexibility index (Phi) is 5.03. The lowest BCUT2D eigenvalue weighted by atomic mass is 10.1. The molecular weight excluding hydrogens is 305 g/mol. The maximum absolute atomic E-state index is 13.7. The van der Waals surface area contributed by atoms with Crippen LogP contribution >= 0.6 is 0 Å². The van der Waals surface area contributed by atoms with Crippen LogP contribution in [0.1, 0.15) is 22.8 Å². The van der Waals surface area contributed by atoms with Crippen molar-refractivity contribution in [1.29, 1.82) is 0 Å². The minimum atomic E-state index is -0.888. The van der Waals surface area contributed by atoms with Crippen LogP contribution in [0.2, 0.25) is 0 Å². The van der Waals surface area contributed by atoms with E-state index in [1.54, 1.807) is 24.4 Å².